The Kier molecular flexibility index (Phi) is 9.66. The molecule has 5 nitrogen and oxygen atoms in total. The van der Waals surface area contributed by atoms with Crippen molar-refractivity contribution in [1.82, 2.24) is 9.55 Å². The van der Waals surface area contributed by atoms with E-state index in [4.69, 9.17) is 9.72 Å². The van der Waals surface area contributed by atoms with E-state index in [2.05, 4.69) is 234 Å². The van der Waals surface area contributed by atoms with Crippen LogP contribution in [0.5, 0.6) is 11.5 Å². The summed E-state index contributed by atoms with van der Waals surface area (Å²) in [5, 5.41) is 2.33. The van der Waals surface area contributed by atoms with Crippen LogP contribution in [0.1, 0.15) is 77.6 Å². The van der Waals surface area contributed by atoms with E-state index in [1.807, 2.05) is 6.20 Å². The Hall–Kier alpha value is -6.59. The molecule has 9 rings (SSSR count). The molecule has 300 valence electrons. The number of pyridine rings is 1. The van der Waals surface area contributed by atoms with Crippen LogP contribution in [0.4, 0.5) is 11.4 Å². The number of para-hydroxylation sites is 1. The molecule has 0 spiro atoms. The minimum absolute atomic E-state index is 0.0343. The summed E-state index contributed by atoms with van der Waals surface area (Å²) in [4.78, 5) is 9.62. The van der Waals surface area contributed by atoms with Gasteiger partial charge in [0.15, 0.2) is 0 Å². The van der Waals surface area contributed by atoms with Gasteiger partial charge in [-0.15, -0.1) is 0 Å². The molecule has 0 fully saturated rings. The van der Waals surface area contributed by atoms with E-state index in [0.29, 0.717) is 6.67 Å². The van der Waals surface area contributed by atoms with Crippen LogP contribution in [0.2, 0.25) is 0 Å². The van der Waals surface area contributed by atoms with E-state index in [1.165, 1.54) is 33.3 Å². The lowest BCUT2D eigenvalue weighted by Gasteiger charge is -2.29. The summed E-state index contributed by atoms with van der Waals surface area (Å²) in [7, 11) is 0. The molecule has 0 aliphatic carbocycles. The minimum Gasteiger partial charge on any atom is -0.457 e. The molecule has 60 heavy (non-hydrogen) atoms. The van der Waals surface area contributed by atoms with Crippen molar-refractivity contribution in [2.75, 3.05) is 16.5 Å². The molecule has 1 aliphatic heterocycles. The van der Waals surface area contributed by atoms with Gasteiger partial charge in [-0.25, -0.2) is 4.98 Å². The Morgan fingerprint density at radius 2 is 1.08 bits per heavy atom. The highest BCUT2D eigenvalue weighted by Gasteiger charge is 2.26. The van der Waals surface area contributed by atoms with Crippen LogP contribution < -0.4 is 14.5 Å². The smallest absolute Gasteiger partial charge is 0.137 e. The van der Waals surface area contributed by atoms with Crippen LogP contribution in [0, 0.1) is 0 Å². The average Bonchev–Trinajstić information content (AvgIpc) is 3.87. The Morgan fingerprint density at radius 3 is 1.77 bits per heavy atom. The third-order valence-electron chi connectivity index (χ3n) is 12.1. The van der Waals surface area contributed by atoms with Crippen LogP contribution in [-0.2, 0) is 16.2 Å². The Balaban J connectivity index is 1.09. The topological polar surface area (TPSA) is 33.5 Å². The lowest BCUT2D eigenvalue weighted by atomic mass is 9.78. The van der Waals surface area contributed by atoms with E-state index in [9.17, 15) is 0 Å². The molecule has 2 aromatic heterocycles. The first-order chi connectivity index (χ1) is 28.7. The van der Waals surface area contributed by atoms with Crippen LogP contribution in [-0.4, -0.2) is 16.2 Å². The van der Waals surface area contributed by atoms with E-state index < -0.39 is 0 Å². The fraction of sp³-hybridized carbons (Fsp3) is 0.218. The standard InChI is InChI=1S/C55H54N4O/c1-53(2,3)42-31-43(54(4,5)6)33-45(32-42)58-28-27-57(37-58)44-29-39(38-17-11-9-12-18-38)30-47(35-44)60-46-23-24-49-48-21-15-16-22-50(48)59(51(49)36-46)52-34-41(25-26-56-52)55(7,8)40-19-13-10-14-20-40/h9-36H,37H2,1-8H3. The second kappa shape index (κ2) is 14.9. The van der Waals surface area contributed by atoms with Crippen molar-refractivity contribution in [3.05, 3.63) is 193 Å². The Bertz CT molecular complexity index is 2840. The molecular weight excluding hydrogens is 733 g/mol. The van der Waals surface area contributed by atoms with Crippen LogP contribution >= 0.6 is 0 Å². The summed E-state index contributed by atoms with van der Waals surface area (Å²) in [6.07, 6.45) is 6.31. The molecular formula is C55H54N4O. The zero-order chi connectivity index (χ0) is 41.8. The maximum Gasteiger partial charge on any atom is 0.137 e. The van der Waals surface area contributed by atoms with E-state index >= 15 is 0 Å². The van der Waals surface area contributed by atoms with E-state index in [-0.39, 0.29) is 16.2 Å². The highest BCUT2D eigenvalue weighted by Crippen LogP contribution is 2.40. The number of aromatic nitrogens is 2. The van der Waals surface area contributed by atoms with Crippen LogP contribution in [0.25, 0.3) is 38.8 Å². The lowest BCUT2D eigenvalue weighted by Crippen LogP contribution is -2.26. The van der Waals surface area contributed by atoms with Gasteiger partial charge in [0.1, 0.15) is 17.3 Å². The molecule has 5 heteroatoms. The zero-order valence-electron chi connectivity index (χ0n) is 36.1. The lowest BCUT2D eigenvalue weighted by molar-refractivity contribution is 0.483. The summed E-state index contributed by atoms with van der Waals surface area (Å²) in [6.45, 7) is 19.0. The van der Waals surface area contributed by atoms with Gasteiger partial charge in [0, 0.05) is 58.3 Å². The largest absolute Gasteiger partial charge is 0.457 e. The molecule has 1 aliphatic rings. The SMILES string of the molecule is CC(C)(C)c1cc(N2C=CN(c3cc(Oc4ccc5c6ccccc6n(-c6cc(C(C)(C)c7ccccc7)ccn6)c5c4)cc(-c4ccccc4)c3)C2)cc(C(C)(C)C)c1. The van der Waals surface area contributed by atoms with Gasteiger partial charge in [-0.05, 0) is 98.8 Å². The van der Waals surface area contributed by atoms with Crippen LogP contribution in [0.15, 0.2) is 170 Å². The molecule has 0 unspecified atom stereocenters. The quantitative estimate of drug-likeness (QED) is 0.154. The van der Waals surface area contributed by atoms with Crippen molar-refractivity contribution < 1.29 is 4.74 Å². The second-order valence-electron chi connectivity index (χ2n) is 18.8. The first kappa shape index (κ1) is 38.9. The zero-order valence-corrected chi connectivity index (χ0v) is 36.1. The van der Waals surface area contributed by atoms with E-state index in [1.54, 1.807) is 0 Å². The Morgan fingerprint density at radius 1 is 0.467 bits per heavy atom. The van der Waals surface area contributed by atoms with Crippen molar-refractivity contribution in [2.24, 2.45) is 0 Å². The van der Waals surface area contributed by atoms with Gasteiger partial charge in [0.2, 0.25) is 0 Å². The number of rotatable bonds is 8. The first-order valence-electron chi connectivity index (χ1n) is 21.0. The maximum absolute atomic E-state index is 6.89. The van der Waals surface area contributed by atoms with Gasteiger partial charge < -0.3 is 14.5 Å². The fourth-order valence-electron chi connectivity index (χ4n) is 8.35. The second-order valence-corrected chi connectivity index (χ2v) is 18.8. The highest BCUT2D eigenvalue weighted by molar-refractivity contribution is 6.09. The molecule has 3 heterocycles. The molecule has 0 saturated heterocycles. The molecule has 0 saturated carbocycles. The summed E-state index contributed by atoms with van der Waals surface area (Å²) in [6, 6.07) is 54.3. The normalized spacial score (nSPS) is 13.5. The molecule has 0 N–H and O–H groups in total. The molecule has 6 aromatic carbocycles. The molecule has 0 radical (unpaired) electrons. The molecule has 8 aromatic rings. The van der Waals surface area contributed by atoms with Gasteiger partial charge in [-0.3, -0.25) is 4.57 Å². The summed E-state index contributed by atoms with van der Waals surface area (Å²) < 4.78 is 9.17. The number of fused-ring (bicyclic) bond motifs is 3. The van der Waals surface area contributed by atoms with Crippen molar-refractivity contribution in [2.45, 2.75) is 71.6 Å². The van der Waals surface area contributed by atoms with Crippen molar-refractivity contribution >= 4 is 33.2 Å². The monoisotopic (exact) mass is 786 g/mol. The number of hydrogen-bond donors (Lipinski definition) is 0. The summed E-state index contributed by atoms with van der Waals surface area (Å²) in [5.41, 5.74) is 11.7. The predicted molar refractivity (Wildman–Crippen MR) is 252 cm³/mol. The average molecular weight is 787 g/mol. The number of nitrogens with zero attached hydrogens (tertiary/aromatic N) is 4. The fourth-order valence-corrected chi connectivity index (χ4v) is 8.35. The minimum atomic E-state index is -0.207. The van der Waals surface area contributed by atoms with Gasteiger partial charge in [-0.1, -0.05) is 140 Å². The first-order valence-corrected chi connectivity index (χ1v) is 21.0. The van der Waals surface area contributed by atoms with Crippen molar-refractivity contribution in [3.63, 3.8) is 0 Å². The van der Waals surface area contributed by atoms with Gasteiger partial charge >= 0.3 is 0 Å². The third-order valence-corrected chi connectivity index (χ3v) is 12.1. The molecule has 0 amide bonds. The third kappa shape index (κ3) is 7.45. The number of hydrogen-bond acceptors (Lipinski definition) is 4. The molecule has 0 atom stereocenters. The number of anilines is 2. The Labute approximate surface area is 355 Å². The number of benzene rings is 6. The predicted octanol–water partition coefficient (Wildman–Crippen LogP) is 14.3. The van der Waals surface area contributed by atoms with Gasteiger partial charge in [0.25, 0.3) is 0 Å². The number of ether oxygens (including phenoxy) is 1. The molecule has 0 bridgehead atoms. The van der Waals surface area contributed by atoms with Gasteiger partial charge in [0.05, 0.1) is 17.7 Å². The maximum atomic E-state index is 6.89. The van der Waals surface area contributed by atoms with Crippen molar-refractivity contribution in [1.29, 1.82) is 0 Å². The van der Waals surface area contributed by atoms with Crippen molar-refractivity contribution in [3.8, 4) is 28.4 Å². The summed E-state index contributed by atoms with van der Waals surface area (Å²) >= 11 is 0. The van der Waals surface area contributed by atoms with Gasteiger partial charge in [-0.2, -0.15) is 0 Å². The van der Waals surface area contributed by atoms with Crippen LogP contribution in [0.3, 0.4) is 0 Å². The van der Waals surface area contributed by atoms with E-state index in [0.717, 1.165) is 50.6 Å². The highest BCUT2D eigenvalue weighted by atomic mass is 16.5. The summed E-state index contributed by atoms with van der Waals surface area (Å²) in [5.74, 6) is 2.41.